The van der Waals surface area contributed by atoms with Gasteiger partial charge in [0, 0.05) is 17.1 Å². The van der Waals surface area contributed by atoms with E-state index in [1.807, 2.05) is 6.07 Å². The minimum absolute atomic E-state index is 0.290. The van der Waals surface area contributed by atoms with Crippen molar-refractivity contribution in [3.05, 3.63) is 59.1 Å². The van der Waals surface area contributed by atoms with Crippen molar-refractivity contribution in [1.29, 1.82) is 0 Å². The normalized spacial score (nSPS) is 10.5. The highest BCUT2D eigenvalue weighted by Crippen LogP contribution is 2.34. The Balaban J connectivity index is 2.05. The summed E-state index contributed by atoms with van der Waals surface area (Å²) in [5.74, 6) is -0.872. The summed E-state index contributed by atoms with van der Waals surface area (Å²) in [4.78, 5) is 29.0. The van der Waals surface area contributed by atoms with Crippen molar-refractivity contribution in [3.8, 4) is 0 Å². The largest absolute Gasteiger partial charge is 0.365 e. The van der Waals surface area contributed by atoms with Gasteiger partial charge in [-0.25, -0.2) is 4.98 Å². The third-order valence-corrected chi connectivity index (χ3v) is 4.09. The second kappa shape index (κ2) is 5.34. The van der Waals surface area contributed by atoms with E-state index >= 15 is 0 Å². The van der Waals surface area contributed by atoms with Crippen molar-refractivity contribution in [3.63, 3.8) is 0 Å². The lowest BCUT2D eigenvalue weighted by Gasteiger charge is -2.05. The molecule has 104 valence electrons. The van der Waals surface area contributed by atoms with E-state index < -0.39 is 5.91 Å². The molecule has 0 spiro atoms. The minimum atomic E-state index is -0.582. The smallest absolute Gasteiger partial charge is 0.261 e. The molecule has 2 heterocycles. The zero-order chi connectivity index (χ0) is 14.8. The summed E-state index contributed by atoms with van der Waals surface area (Å²) in [7, 11) is 0. The van der Waals surface area contributed by atoms with E-state index in [-0.39, 0.29) is 5.91 Å². The number of hydrogen-bond donors (Lipinski definition) is 2. The number of pyridine rings is 1. The molecule has 0 fully saturated rings. The van der Waals surface area contributed by atoms with E-state index in [1.165, 1.54) is 11.3 Å². The number of nitrogens with one attached hydrogen (secondary N) is 1. The number of carbonyl (C=O) groups is 2. The second-order valence-corrected chi connectivity index (χ2v) is 5.35. The average molecular weight is 297 g/mol. The van der Waals surface area contributed by atoms with Crippen LogP contribution in [0.1, 0.15) is 20.0 Å². The van der Waals surface area contributed by atoms with Crippen LogP contribution in [0.3, 0.4) is 0 Å². The van der Waals surface area contributed by atoms with Crippen LogP contribution >= 0.6 is 11.3 Å². The van der Waals surface area contributed by atoms with Crippen LogP contribution in [0.15, 0.2) is 48.7 Å². The topological polar surface area (TPSA) is 85.1 Å². The molecule has 0 saturated carbocycles. The van der Waals surface area contributed by atoms with E-state index in [4.69, 9.17) is 5.73 Å². The van der Waals surface area contributed by atoms with E-state index in [2.05, 4.69) is 10.3 Å². The quantitative estimate of drug-likeness (QED) is 0.779. The zero-order valence-corrected chi connectivity index (χ0v) is 11.7. The summed E-state index contributed by atoms with van der Waals surface area (Å²) in [6, 6.07) is 12.3. The van der Waals surface area contributed by atoms with Gasteiger partial charge in [0.2, 0.25) is 0 Å². The molecule has 3 rings (SSSR count). The van der Waals surface area contributed by atoms with Gasteiger partial charge in [-0.1, -0.05) is 18.2 Å². The molecule has 3 N–H and O–H groups in total. The van der Waals surface area contributed by atoms with Crippen LogP contribution in [0.2, 0.25) is 0 Å². The molecule has 0 aliphatic carbocycles. The first kappa shape index (κ1) is 13.3. The molecule has 2 aromatic heterocycles. The Kier molecular flexibility index (Phi) is 3.37. The van der Waals surface area contributed by atoms with Gasteiger partial charge in [-0.2, -0.15) is 0 Å². The van der Waals surface area contributed by atoms with Crippen molar-refractivity contribution in [1.82, 2.24) is 4.98 Å². The maximum Gasteiger partial charge on any atom is 0.261 e. The lowest BCUT2D eigenvalue weighted by atomic mass is 10.2. The Hall–Kier alpha value is -2.73. The van der Waals surface area contributed by atoms with Gasteiger partial charge in [0.15, 0.2) is 0 Å². The van der Waals surface area contributed by atoms with E-state index in [0.29, 0.717) is 26.3 Å². The minimum Gasteiger partial charge on any atom is -0.365 e. The molecule has 0 radical (unpaired) electrons. The molecule has 2 amide bonds. The number of aromatic nitrogens is 1. The lowest BCUT2D eigenvalue weighted by molar-refractivity contribution is 0.100. The molecule has 0 aliphatic rings. The van der Waals surface area contributed by atoms with Gasteiger partial charge in [-0.3, -0.25) is 9.59 Å². The van der Waals surface area contributed by atoms with Crippen LogP contribution in [0.25, 0.3) is 10.2 Å². The fourth-order valence-corrected chi connectivity index (χ4v) is 2.96. The summed E-state index contributed by atoms with van der Waals surface area (Å²) in [6.07, 6.45) is 1.63. The van der Waals surface area contributed by atoms with Crippen molar-refractivity contribution in [2.75, 3.05) is 5.32 Å². The van der Waals surface area contributed by atoms with Gasteiger partial charge in [-0.05, 0) is 24.3 Å². The number of nitrogens with two attached hydrogens (primary N) is 1. The van der Waals surface area contributed by atoms with E-state index in [1.54, 1.807) is 42.6 Å². The van der Waals surface area contributed by atoms with Crippen LogP contribution in [-0.2, 0) is 0 Å². The number of primary amides is 1. The average Bonchev–Trinajstić information content (AvgIpc) is 2.87. The van der Waals surface area contributed by atoms with Crippen molar-refractivity contribution >= 4 is 39.1 Å². The maximum atomic E-state index is 12.3. The molecule has 5 nitrogen and oxygen atoms in total. The fraction of sp³-hybridized carbons (Fsp3) is 0. The zero-order valence-electron chi connectivity index (χ0n) is 10.9. The third-order valence-electron chi connectivity index (χ3n) is 2.96. The van der Waals surface area contributed by atoms with Crippen LogP contribution < -0.4 is 11.1 Å². The van der Waals surface area contributed by atoms with Crippen LogP contribution in [0, 0.1) is 0 Å². The standard InChI is InChI=1S/C15H11N3O2S/c16-13(19)12-11(10-7-4-8-17-15(10)21-12)18-14(20)9-5-2-1-3-6-9/h1-8H,(H2,16,19)(H,18,20). The summed E-state index contributed by atoms with van der Waals surface area (Å²) >= 11 is 1.17. The first-order valence-electron chi connectivity index (χ1n) is 6.20. The molecule has 0 bridgehead atoms. The number of hydrogen-bond acceptors (Lipinski definition) is 4. The number of thiophene rings is 1. The number of amides is 2. The Bertz CT molecular complexity index is 827. The number of fused-ring (bicyclic) bond motifs is 1. The van der Waals surface area contributed by atoms with Crippen LogP contribution in [0.5, 0.6) is 0 Å². The molecule has 3 aromatic rings. The van der Waals surface area contributed by atoms with Gasteiger partial charge >= 0.3 is 0 Å². The predicted molar refractivity (Wildman–Crippen MR) is 82.5 cm³/mol. The summed E-state index contributed by atoms with van der Waals surface area (Å²) in [5, 5.41) is 3.47. The molecule has 6 heteroatoms. The molecule has 0 saturated heterocycles. The Morgan fingerprint density at radius 3 is 2.57 bits per heavy atom. The molecule has 0 atom stereocenters. The molecular weight excluding hydrogens is 286 g/mol. The number of benzene rings is 1. The monoisotopic (exact) mass is 297 g/mol. The van der Waals surface area contributed by atoms with Gasteiger partial charge in [0.25, 0.3) is 11.8 Å². The van der Waals surface area contributed by atoms with Crippen LogP contribution in [-0.4, -0.2) is 16.8 Å². The van der Waals surface area contributed by atoms with Gasteiger partial charge < -0.3 is 11.1 Å². The number of carbonyl (C=O) groups excluding carboxylic acids is 2. The highest BCUT2D eigenvalue weighted by molar-refractivity contribution is 7.21. The summed E-state index contributed by atoms with van der Waals surface area (Å²) in [6.45, 7) is 0. The molecule has 1 aromatic carbocycles. The number of nitrogens with zero attached hydrogens (tertiary/aromatic N) is 1. The highest BCUT2D eigenvalue weighted by atomic mass is 32.1. The maximum absolute atomic E-state index is 12.3. The SMILES string of the molecule is NC(=O)c1sc2ncccc2c1NC(=O)c1ccccc1. The van der Waals surface area contributed by atoms with Crippen molar-refractivity contribution < 1.29 is 9.59 Å². The summed E-state index contributed by atoms with van der Waals surface area (Å²) in [5.41, 5.74) is 6.32. The number of anilines is 1. The third kappa shape index (κ3) is 2.48. The fourth-order valence-electron chi connectivity index (χ4n) is 2.01. The molecular formula is C15H11N3O2S. The molecule has 0 unspecified atom stereocenters. The molecule has 21 heavy (non-hydrogen) atoms. The predicted octanol–water partition coefficient (Wildman–Crippen LogP) is 2.65. The first-order chi connectivity index (χ1) is 10.2. The number of rotatable bonds is 3. The summed E-state index contributed by atoms with van der Waals surface area (Å²) < 4.78 is 0. The Morgan fingerprint density at radius 1 is 1.10 bits per heavy atom. The van der Waals surface area contributed by atoms with Crippen molar-refractivity contribution in [2.24, 2.45) is 5.73 Å². The van der Waals surface area contributed by atoms with Gasteiger partial charge in [0.1, 0.15) is 9.71 Å². The van der Waals surface area contributed by atoms with E-state index in [9.17, 15) is 9.59 Å². The van der Waals surface area contributed by atoms with Gasteiger partial charge in [0.05, 0.1) is 5.69 Å². The lowest BCUT2D eigenvalue weighted by Crippen LogP contribution is -2.16. The molecule has 0 aliphatic heterocycles. The van der Waals surface area contributed by atoms with Crippen molar-refractivity contribution in [2.45, 2.75) is 0 Å². The van der Waals surface area contributed by atoms with E-state index in [0.717, 1.165) is 0 Å². The highest BCUT2D eigenvalue weighted by Gasteiger charge is 2.19. The Labute approximate surface area is 124 Å². The van der Waals surface area contributed by atoms with Crippen LogP contribution in [0.4, 0.5) is 5.69 Å². The first-order valence-corrected chi connectivity index (χ1v) is 7.02. The second-order valence-electron chi connectivity index (χ2n) is 4.35. The Morgan fingerprint density at radius 2 is 1.86 bits per heavy atom. The van der Waals surface area contributed by atoms with Gasteiger partial charge in [-0.15, -0.1) is 11.3 Å².